The molecule has 19 heavy (non-hydrogen) atoms. The van der Waals surface area contributed by atoms with Crippen molar-refractivity contribution in [3.05, 3.63) is 29.6 Å². The Morgan fingerprint density at radius 1 is 1.32 bits per heavy atom. The van der Waals surface area contributed by atoms with E-state index in [4.69, 9.17) is 9.47 Å². The number of methoxy groups -OCH3 is 1. The topological polar surface area (TPSA) is 30.5 Å². The van der Waals surface area contributed by atoms with Crippen LogP contribution in [0.4, 0.5) is 4.39 Å². The van der Waals surface area contributed by atoms with E-state index in [1.54, 1.807) is 13.2 Å². The number of ether oxygens (including phenoxy) is 2. The molecule has 1 aromatic rings. The van der Waals surface area contributed by atoms with E-state index < -0.39 is 0 Å². The molecule has 0 bridgehead atoms. The SMILES string of the molecule is CCNC(C)c1ccc(OC(C)CCOC)c(F)c1. The molecule has 1 rings (SSSR count). The van der Waals surface area contributed by atoms with Crippen LogP contribution in [-0.4, -0.2) is 26.4 Å². The predicted octanol–water partition coefficient (Wildman–Crippen LogP) is 3.30. The predicted molar refractivity (Wildman–Crippen MR) is 75.1 cm³/mol. The average molecular weight is 269 g/mol. The van der Waals surface area contributed by atoms with Crippen LogP contribution in [0, 0.1) is 5.82 Å². The molecule has 0 aromatic heterocycles. The van der Waals surface area contributed by atoms with Gasteiger partial charge in [-0.25, -0.2) is 4.39 Å². The van der Waals surface area contributed by atoms with Crippen LogP contribution < -0.4 is 10.1 Å². The van der Waals surface area contributed by atoms with Gasteiger partial charge in [-0.1, -0.05) is 13.0 Å². The second kappa shape index (κ2) is 8.12. The summed E-state index contributed by atoms with van der Waals surface area (Å²) >= 11 is 0. The first-order valence-corrected chi connectivity index (χ1v) is 6.76. The Morgan fingerprint density at radius 2 is 2.05 bits per heavy atom. The highest BCUT2D eigenvalue weighted by Gasteiger charge is 2.11. The van der Waals surface area contributed by atoms with Gasteiger partial charge >= 0.3 is 0 Å². The molecule has 3 nitrogen and oxygen atoms in total. The quantitative estimate of drug-likeness (QED) is 0.785. The minimum absolute atomic E-state index is 0.0634. The zero-order chi connectivity index (χ0) is 14.3. The van der Waals surface area contributed by atoms with E-state index in [9.17, 15) is 4.39 Å². The standard InChI is InChI=1S/C15H24FNO2/c1-5-17-12(3)13-6-7-15(14(16)10-13)19-11(2)8-9-18-4/h6-7,10-12,17H,5,8-9H2,1-4H3. The van der Waals surface area contributed by atoms with Crippen LogP contribution in [0.2, 0.25) is 0 Å². The van der Waals surface area contributed by atoms with E-state index in [2.05, 4.69) is 5.32 Å². The number of hydrogen-bond donors (Lipinski definition) is 1. The lowest BCUT2D eigenvalue weighted by molar-refractivity contribution is 0.132. The number of benzene rings is 1. The fourth-order valence-electron chi connectivity index (χ4n) is 1.87. The van der Waals surface area contributed by atoms with Crippen LogP contribution in [0.1, 0.15) is 38.8 Å². The summed E-state index contributed by atoms with van der Waals surface area (Å²) < 4.78 is 24.5. The van der Waals surface area contributed by atoms with Crippen LogP contribution in [-0.2, 0) is 4.74 Å². The van der Waals surface area contributed by atoms with Gasteiger partial charge in [0.15, 0.2) is 11.6 Å². The highest BCUT2D eigenvalue weighted by atomic mass is 19.1. The van der Waals surface area contributed by atoms with Gasteiger partial charge in [0.2, 0.25) is 0 Å². The van der Waals surface area contributed by atoms with Gasteiger partial charge in [-0.3, -0.25) is 0 Å². The van der Waals surface area contributed by atoms with Crippen molar-refractivity contribution in [3.8, 4) is 5.75 Å². The zero-order valence-electron chi connectivity index (χ0n) is 12.2. The first-order chi connectivity index (χ1) is 9.08. The Morgan fingerprint density at radius 3 is 2.63 bits per heavy atom. The summed E-state index contributed by atoms with van der Waals surface area (Å²) in [6, 6.07) is 5.27. The van der Waals surface area contributed by atoms with Crippen molar-refractivity contribution in [1.82, 2.24) is 5.32 Å². The van der Waals surface area contributed by atoms with Crippen molar-refractivity contribution in [2.24, 2.45) is 0 Å². The molecule has 0 aliphatic rings. The van der Waals surface area contributed by atoms with E-state index in [0.29, 0.717) is 12.4 Å². The molecule has 0 saturated carbocycles. The Balaban J connectivity index is 2.66. The van der Waals surface area contributed by atoms with Crippen molar-refractivity contribution in [2.75, 3.05) is 20.3 Å². The second-order valence-corrected chi connectivity index (χ2v) is 4.68. The Bertz CT molecular complexity index is 384. The van der Waals surface area contributed by atoms with Gasteiger partial charge in [0.25, 0.3) is 0 Å². The molecular weight excluding hydrogens is 245 g/mol. The molecule has 108 valence electrons. The highest BCUT2D eigenvalue weighted by Crippen LogP contribution is 2.23. The van der Waals surface area contributed by atoms with Crippen molar-refractivity contribution in [2.45, 2.75) is 39.3 Å². The van der Waals surface area contributed by atoms with Crippen LogP contribution >= 0.6 is 0 Å². The van der Waals surface area contributed by atoms with Crippen molar-refractivity contribution >= 4 is 0 Å². The molecule has 2 atom stereocenters. The molecule has 1 N–H and O–H groups in total. The van der Waals surface area contributed by atoms with E-state index in [1.807, 2.05) is 26.8 Å². The van der Waals surface area contributed by atoms with Crippen LogP contribution in [0.25, 0.3) is 0 Å². The van der Waals surface area contributed by atoms with Gasteiger partial charge in [0.1, 0.15) is 0 Å². The van der Waals surface area contributed by atoms with Gasteiger partial charge in [0, 0.05) is 26.2 Å². The molecular formula is C15H24FNO2. The fraction of sp³-hybridized carbons (Fsp3) is 0.600. The number of rotatable bonds is 8. The van der Waals surface area contributed by atoms with E-state index in [0.717, 1.165) is 18.5 Å². The van der Waals surface area contributed by atoms with Crippen molar-refractivity contribution in [1.29, 1.82) is 0 Å². The molecule has 2 unspecified atom stereocenters. The third-order valence-electron chi connectivity index (χ3n) is 3.02. The molecule has 0 saturated heterocycles. The average Bonchev–Trinajstić information content (AvgIpc) is 2.39. The molecule has 1 aromatic carbocycles. The third kappa shape index (κ3) is 5.17. The van der Waals surface area contributed by atoms with Crippen molar-refractivity contribution < 1.29 is 13.9 Å². The summed E-state index contributed by atoms with van der Waals surface area (Å²) in [6.45, 7) is 7.42. The molecule has 0 fully saturated rings. The second-order valence-electron chi connectivity index (χ2n) is 4.68. The molecule has 0 radical (unpaired) electrons. The molecule has 0 aliphatic heterocycles. The normalized spacial score (nSPS) is 14.2. The lowest BCUT2D eigenvalue weighted by Gasteiger charge is -2.17. The molecule has 0 spiro atoms. The maximum atomic E-state index is 13.9. The summed E-state index contributed by atoms with van der Waals surface area (Å²) in [5.41, 5.74) is 0.927. The summed E-state index contributed by atoms with van der Waals surface area (Å²) in [5, 5.41) is 3.25. The number of nitrogens with one attached hydrogen (secondary N) is 1. The lowest BCUT2D eigenvalue weighted by atomic mass is 10.1. The van der Waals surface area contributed by atoms with Crippen LogP contribution in [0.15, 0.2) is 18.2 Å². The van der Waals surface area contributed by atoms with Crippen LogP contribution in [0.5, 0.6) is 5.75 Å². The summed E-state index contributed by atoms with van der Waals surface area (Å²) in [6.07, 6.45) is 0.678. The minimum atomic E-state index is -0.313. The monoisotopic (exact) mass is 269 g/mol. The number of halogens is 1. The highest BCUT2D eigenvalue weighted by molar-refractivity contribution is 5.31. The zero-order valence-corrected chi connectivity index (χ0v) is 12.2. The van der Waals surface area contributed by atoms with Gasteiger partial charge in [-0.05, 0) is 38.1 Å². The van der Waals surface area contributed by atoms with E-state index in [1.165, 1.54) is 6.07 Å². The van der Waals surface area contributed by atoms with Gasteiger partial charge in [-0.15, -0.1) is 0 Å². The summed E-state index contributed by atoms with van der Waals surface area (Å²) in [4.78, 5) is 0. The van der Waals surface area contributed by atoms with Crippen molar-refractivity contribution in [3.63, 3.8) is 0 Å². The Hall–Kier alpha value is -1.13. The molecule has 0 amide bonds. The fourth-order valence-corrected chi connectivity index (χ4v) is 1.87. The first-order valence-electron chi connectivity index (χ1n) is 6.76. The molecule has 4 heteroatoms. The Labute approximate surface area is 115 Å². The van der Waals surface area contributed by atoms with Gasteiger partial charge in [-0.2, -0.15) is 0 Å². The molecule has 0 heterocycles. The largest absolute Gasteiger partial charge is 0.488 e. The molecule has 0 aliphatic carbocycles. The third-order valence-corrected chi connectivity index (χ3v) is 3.02. The smallest absolute Gasteiger partial charge is 0.165 e. The minimum Gasteiger partial charge on any atom is -0.488 e. The summed E-state index contributed by atoms with van der Waals surface area (Å²) in [7, 11) is 1.64. The Kier molecular flexibility index (Phi) is 6.81. The number of hydrogen-bond acceptors (Lipinski definition) is 3. The van der Waals surface area contributed by atoms with Gasteiger partial charge in [0.05, 0.1) is 6.10 Å². The van der Waals surface area contributed by atoms with Crippen LogP contribution in [0.3, 0.4) is 0 Å². The lowest BCUT2D eigenvalue weighted by Crippen LogP contribution is -2.18. The van der Waals surface area contributed by atoms with E-state index in [-0.39, 0.29) is 18.0 Å². The van der Waals surface area contributed by atoms with E-state index >= 15 is 0 Å². The van der Waals surface area contributed by atoms with Gasteiger partial charge < -0.3 is 14.8 Å². The maximum absolute atomic E-state index is 13.9. The first kappa shape index (κ1) is 15.9. The maximum Gasteiger partial charge on any atom is 0.165 e. The summed E-state index contributed by atoms with van der Waals surface area (Å²) in [5.74, 6) is -0.0115.